The van der Waals surface area contributed by atoms with E-state index in [1.165, 1.54) is 27.1 Å². The van der Waals surface area contributed by atoms with Crippen molar-refractivity contribution in [1.82, 2.24) is 15.0 Å². The van der Waals surface area contributed by atoms with E-state index in [2.05, 4.69) is 37.4 Å². The van der Waals surface area contributed by atoms with Gasteiger partial charge in [-0.25, -0.2) is 4.98 Å². The number of rotatable bonds is 8. The first kappa shape index (κ1) is 24.0. The molecule has 4 rings (SSSR count). The predicted molar refractivity (Wildman–Crippen MR) is 126 cm³/mol. The largest absolute Gasteiger partial charge is 0.481 e. The molecule has 2 saturated carbocycles. The molecule has 5 N–H and O–H groups in total. The molecule has 0 bridgehead atoms. The standard InChI is InChI=1S/C24H31N5O5/c1-13-17(8-6-15-7-9-19(33-2)28-23(15)34-3)22(29-24(26-13)25-11-14-4-5-14)27-18-10-16(12-30)20(31)21(18)32/h7,9,14,16,18,20-21,30-32H,4-5,10-12H2,1-3H3,(H2,25,26,27,29)/t16-,18-,20-,21+/m1/s1. The summed E-state index contributed by atoms with van der Waals surface area (Å²) in [5.74, 6) is 8.11. The number of aryl methyl sites for hydroxylation is 1. The van der Waals surface area contributed by atoms with Crippen LogP contribution in [0, 0.1) is 30.6 Å². The molecule has 0 unspecified atom stereocenters. The van der Waals surface area contributed by atoms with Gasteiger partial charge in [-0.3, -0.25) is 0 Å². The Labute approximate surface area is 198 Å². The van der Waals surface area contributed by atoms with Gasteiger partial charge in [0.25, 0.3) is 0 Å². The third kappa shape index (κ3) is 5.33. The zero-order valence-electron chi connectivity index (χ0n) is 19.6. The van der Waals surface area contributed by atoms with Gasteiger partial charge in [0.2, 0.25) is 17.7 Å². The average molecular weight is 470 g/mol. The fourth-order valence-electron chi connectivity index (χ4n) is 4.01. The van der Waals surface area contributed by atoms with Crippen molar-refractivity contribution in [3.8, 4) is 23.6 Å². The number of hydrogen-bond donors (Lipinski definition) is 5. The Morgan fingerprint density at radius 2 is 1.85 bits per heavy atom. The van der Waals surface area contributed by atoms with Gasteiger partial charge in [-0.15, -0.1) is 0 Å². The number of aliphatic hydroxyl groups excluding tert-OH is 3. The number of aliphatic hydroxyl groups is 3. The summed E-state index contributed by atoms with van der Waals surface area (Å²) in [6.07, 6.45) is 0.750. The smallest absolute Gasteiger partial charge is 0.232 e. The van der Waals surface area contributed by atoms with Gasteiger partial charge in [0.1, 0.15) is 11.9 Å². The maximum atomic E-state index is 10.5. The van der Waals surface area contributed by atoms with Crippen molar-refractivity contribution >= 4 is 11.8 Å². The van der Waals surface area contributed by atoms with E-state index in [1.807, 2.05) is 6.92 Å². The lowest BCUT2D eigenvalue weighted by atomic mass is 10.1. The first-order valence-electron chi connectivity index (χ1n) is 11.4. The van der Waals surface area contributed by atoms with Crippen molar-refractivity contribution in [2.75, 3.05) is 38.0 Å². The molecule has 2 aliphatic rings. The molecule has 2 aliphatic carbocycles. The summed E-state index contributed by atoms with van der Waals surface area (Å²) >= 11 is 0. The lowest BCUT2D eigenvalue weighted by Gasteiger charge is -2.20. The van der Waals surface area contributed by atoms with E-state index < -0.39 is 24.2 Å². The zero-order valence-corrected chi connectivity index (χ0v) is 19.6. The minimum absolute atomic E-state index is 0.204. The van der Waals surface area contributed by atoms with E-state index in [0.29, 0.717) is 52.7 Å². The molecule has 34 heavy (non-hydrogen) atoms. The molecule has 2 aromatic heterocycles. The molecule has 0 aromatic carbocycles. The van der Waals surface area contributed by atoms with Crippen molar-refractivity contribution in [3.63, 3.8) is 0 Å². The van der Waals surface area contributed by atoms with Crippen LogP contribution in [0.15, 0.2) is 12.1 Å². The fourth-order valence-corrected chi connectivity index (χ4v) is 4.01. The molecule has 182 valence electrons. The highest BCUT2D eigenvalue weighted by molar-refractivity contribution is 5.61. The van der Waals surface area contributed by atoms with Crippen molar-refractivity contribution in [1.29, 1.82) is 0 Å². The molecule has 10 nitrogen and oxygen atoms in total. The molecular formula is C24H31N5O5. The maximum absolute atomic E-state index is 10.5. The highest BCUT2D eigenvalue weighted by Gasteiger charge is 2.41. The number of hydrogen-bond acceptors (Lipinski definition) is 10. The highest BCUT2D eigenvalue weighted by atomic mass is 16.5. The molecular weight excluding hydrogens is 438 g/mol. The van der Waals surface area contributed by atoms with Crippen LogP contribution in [0.3, 0.4) is 0 Å². The van der Waals surface area contributed by atoms with Gasteiger partial charge in [-0.2, -0.15) is 9.97 Å². The van der Waals surface area contributed by atoms with Crippen LogP contribution < -0.4 is 20.1 Å². The number of ether oxygens (including phenoxy) is 2. The van der Waals surface area contributed by atoms with Crippen molar-refractivity contribution in [3.05, 3.63) is 29.0 Å². The van der Waals surface area contributed by atoms with Crippen LogP contribution in [-0.2, 0) is 0 Å². The van der Waals surface area contributed by atoms with E-state index in [1.54, 1.807) is 12.1 Å². The van der Waals surface area contributed by atoms with E-state index >= 15 is 0 Å². The quantitative estimate of drug-likeness (QED) is 0.355. The lowest BCUT2D eigenvalue weighted by molar-refractivity contribution is 0.00445. The molecule has 10 heteroatoms. The van der Waals surface area contributed by atoms with Crippen LogP contribution in [0.4, 0.5) is 11.8 Å². The van der Waals surface area contributed by atoms with E-state index in [-0.39, 0.29) is 6.61 Å². The molecule has 0 amide bonds. The average Bonchev–Trinajstić information content (AvgIpc) is 3.64. The normalized spacial score (nSPS) is 23.7. The van der Waals surface area contributed by atoms with Crippen LogP contribution in [0.1, 0.15) is 36.1 Å². The Kier molecular flexibility index (Phi) is 7.36. The monoisotopic (exact) mass is 469 g/mol. The summed E-state index contributed by atoms with van der Waals surface area (Å²) in [5, 5.41) is 36.8. The number of aromatic nitrogens is 3. The number of methoxy groups -OCH3 is 2. The van der Waals surface area contributed by atoms with Crippen molar-refractivity contribution in [2.45, 2.75) is 44.4 Å². The minimum atomic E-state index is -1.04. The third-order valence-electron chi connectivity index (χ3n) is 6.25. The van der Waals surface area contributed by atoms with Gasteiger partial charge in [0, 0.05) is 25.1 Å². The van der Waals surface area contributed by atoms with Gasteiger partial charge in [0.05, 0.1) is 43.2 Å². The van der Waals surface area contributed by atoms with Crippen LogP contribution in [0.25, 0.3) is 0 Å². The summed E-state index contributed by atoms with van der Waals surface area (Å²) in [4.78, 5) is 13.5. The SMILES string of the molecule is COc1ccc(C#Cc2c(C)nc(NCC3CC3)nc2N[C@@H]2C[C@H](CO)[C@@H](O)[C@H]2O)c(OC)n1. The van der Waals surface area contributed by atoms with Gasteiger partial charge in [-0.05, 0) is 38.2 Å². The van der Waals surface area contributed by atoms with Gasteiger partial charge in [-0.1, -0.05) is 11.8 Å². The Morgan fingerprint density at radius 3 is 2.50 bits per heavy atom. The molecule has 0 saturated heterocycles. The summed E-state index contributed by atoms with van der Waals surface area (Å²) in [6, 6.07) is 2.97. The van der Waals surface area contributed by atoms with E-state index in [4.69, 9.17) is 9.47 Å². The first-order chi connectivity index (χ1) is 16.4. The van der Waals surface area contributed by atoms with Crippen molar-refractivity contribution < 1.29 is 24.8 Å². The van der Waals surface area contributed by atoms with Crippen molar-refractivity contribution in [2.24, 2.45) is 11.8 Å². The van der Waals surface area contributed by atoms with E-state index in [9.17, 15) is 15.3 Å². The second kappa shape index (κ2) is 10.4. The summed E-state index contributed by atoms with van der Waals surface area (Å²) in [7, 11) is 3.04. The Morgan fingerprint density at radius 1 is 1.06 bits per heavy atom. The number of nitrogens with zero attached hydrogens (tertiary/aromatic N) is 3. The number of nitrogens with one attached hydrogen (secondary N) is 2. The number of pyridine rings is 1. The predicted octanol–water partition coefficient (Wildman–Crippen LogP) is 0.933. The summed E-state index contributed by atoms with van der Waals surface area (Å²) in [6.45, 7) is 2.44. The Balaban J connectivity index is 1.67. The highest BCUT2D eigenvalue weighted by Crippen LogP contribution is 2.31. The fraction of sp³-hybridized carbons (Fsp3) is 0.542. The third-order valence-corrected chi connectivity index (χ3v) is 6.25. The zero-order chi connectivity index (χ0) is 24.2. The molecule has 4 atom stereocenters. The molecule has 0 aliphatic heterocycles. The second-order valence-electron chi connectivity index (χ2n) is 8.75. The van der Waals surface area contributed by atoms with Crippen LogP contribution in [-0.4, -0.2) is 75.9 Å². The van der Waals surface area contributed by atoms with Crippen LogP contribution in [0.2, 0.25) is 0 Å². The molecule has 2 aromatic rings. The van der Waals surface area contributed by atoms with Crippen LogP contribution >= 0.6 is 0 Å². The second-order valence-corrected chi connectivity index (χ2v) is 8.75. The molecule has 0 spiro atoms. The molecule has 2 heterocycles. The van der Waals surface area contributed by atoms with Gasteiger partial charge in [0.15, 0.2) is 0 Å². The first-order valence-corrected chi connectivity index (χ1v) is 11.4. The Bertz CT molecular complexity index is 1080. The lowest BCUT2D eigenvalue weighted by Crippen LogP contribution is -2.36. The van der Waals surface area contributed by atoms with Crippen LogP contribution in [0.5, 0.6) is 11.8 Å². The topological polar surface area (TPSA) is 142 Å². The summed E-state index contributed by atoms with van der Waals surface area (Å²) < 4.78 is 10.5. The Hall–Kier alpha value is -3.13. The van der Waals surface area contributed by atoms with Gasteiger partial charge >= 0.3 is 0 Å². The van der Waals surface area contributed by atoms with E-state index in [0.717, 1.165) is 6.54 Å². The summed E-state index contributed by atoms with van der Waals surface area (Å²) in [5.41, 5.74) is 1.79. The molecule has 2 fully saturated rings. The maximum Gasteiger partial charge on any atom is 0.232 e. The molecule has 0 radical (unpaired) electrons. The number of anilines is 2. The minimum Gasteiger partial charge on any atom is -0.481 e. The van der Waals surface area contributed by atoms with Gasteiger partial charge < -0.3 is 35.4 Å².